The van der Waals surface area contributed by atoms with Gasteiger partial charge in [0.05, 0.1) is 28.6 Å². The van der Waals surface area contributed by atoms with Crippen LogP contribution in [0.15, 0.2) is 98.7 Å². The van der Waals surface area contributed by atoms with Crippen molar-refractivity contribution in [3.8, 4) is 0 Å². The predicted molar refractivity (Wildman–Crippen MR) is 140 cm³/mol. The fourth-order valence-electron chi connectivity index (χ4n) is 3.84. The van der Waals surface area contributed by atoms with E-state index in [0.29, 0.717) is 16.6 Å². The Labute approximate surface area is 202 Å². The number of hydrogen-bond donors (Lipinski definition) is 1. The Morgan fingerprint density at radius 1 is 0.909 bits per heavy atom. The van der Waals surface area contributed by atoms with Crippen LogP contribution >= 0.6 is 23.5 Å². The maximum atomic E-state index is 13.7. The first-order chi connectivity index (χ1) is 16.2. The number of carbonyl (C=O) groups excluding carboxylic acids is 1. The largest absolute Gasteiger partial charge is 0.384 e. The minimum atomic E-state index is -0.00862. The van der Waals surface area contributed by atoms with Crippen molar-refractivity contribution in [1.29, 1.82) is 0 Å². The molecule has 0 bridgehead atoms. The number of amidine groups is 1. The standard InChI is InChI=1S/C26H24N4OS2/c1-3-27-19-13-7-8-14-20(19)28-26-30(17-18-11-5-4-6-12-18)24(31)23(33-26)25-29(2)21-15-9-10-16-22(21)32-25/h4-16,27H,3,17H2,1-2H3. The molecule has 0 spiro atoms. The van der Waals surface area contributed by atoms with Crippen LogP contribution in [0.2, 0.25) is 0 Å². The molecule has 1 amide bonds. The number of rotatable bonds is 5. The molecular weight excluding hydrogens is 448 g/mol. The summed E-state index contributed by atoms with van der Waals surface area (Å²) < 4.78 is 0. The second-order valence-electron chi connectivity index (χ2n) is 7.68. The third-order valence-corrected chi connectivity index (χ3v) is 7.90. The molecule has 0 radical (unpaired) electrons. The SMILES string of the molecule is CCNc1ccccc1N=C1SC(=C2Sc3ccccc3N2C)C(=O)N1Cc1ccccc1. The summed E-state index contributed by atoms with van der Waals surface area (Å²) in [5.74, 6) is -0.00862. The van der Waals surface area contributed by atoms with E-state index >= 15 is 0 Å². The number of thioether (sulfide) groups is 2. The van der Waals surface area contributed by atoms with Gasteiger partial charge in [-0.3, -0.25) is 9.69 Å². The minimum absolute atomic E-state index is 0.00862. The van der Waals surface area contributed by atoms with Crippen LogP contribution in [-0.4, -0.2) is 29.6 Å². The second-order valence-corrected chi connectivity index (χ2v) is 9.69. The van der Waals surface area contributed by atoms with Crippen LogP contribution in [0, 0.1) is 0 Å². The summed E-state index contributed by atoms with van der Waals surface area (Å²) in [6.07, 6.45) is 0. The Hall–Kier alpha value is -3.16. The summed E-state index contributed by atoms with van der Waals surface area (Å²) in [7, 11) is 2.02. The van der Waals surface area contributed by atoms with Crippen molar-refractivity contribution >= 4 is 51.7 Å². The first-order valence-electron chi connectivity index (χ1n) is 10.9. The lowest BCUT2D eigenvalue weighted by molar-refractivity contribution is -0.122. The van der Waals surface area contributed by atoms with E-state index in [1.54, 1.807) is 16.7 Å². The highest BCUT2D eigenvalue weighted by molar-refractivity contribution is 8.19. The number of para-hydroxylation sites is 3. The average Bonchev–Trinajstić information content (AvgIpc) is 3.33. The first-order valence-corrected chi connectivity index (χ1v) is 12.5. The van der Waals surface area contributed by atoms with E-state index in [1.807, 2.05) is 73.8 Å². The van der Waals surface area contributed by atoms with Crippen molar-refractivity contribution in [2.45, 2.75) is 18.4 Å². The summed E-state index contributed by atoms with van der Waals surface area (Å²) in [4.78, 5) is 24.5. The number of amides is 1. The van der Waals surface area contributed by atoms with Crippen molar-refractivity contribution in [3.63, 3.8) is 0 Å². The molecule has 2 heterocycles. The average molecular weight is 473 g/mol. The van der Waals surface area contributed by atoms with Gasteiger partial charge in [0.15, 0.2) is 5.17 Å². The summed E-state index contributed by atoms with van der Waals surface area (Å²) in [6.45, 7) is 3.34. The molecule has 1 saturated heterocycles. The molecule has 5 nitrogen and oxygen atoms in total. The molecule has 3 aromatic carbocycles. The topological polar surface area (TPSA) is 47.9 Å². The Morgan fingerprint density at radius 3 is 2.42 bits per heavy atom. The molecule has 5 rings (SSSR count). The Morgan fingerprint density at radius 2 is 1.64 bits per heavy atom. The van der Waals surface area contributed by atoms with Crippen molar-refractivity contribution in [2.24, 2.45) is 4.99 Å². The summed E-state index contributed by atoms with van der Waals surface area (Å²) in [6, 6.07) is 26.3. The molecule has 7 heteroatoms. The number of nitrogens with one attached hydrogen (secondary N) is 1. The normalized spacial score (nSPS) is 18.8. The molecule has 3 aromatic rings. The third kappa shape index (κ3) is 4.26. The fraction of sp³-hybridized carbons (Fsp3) is 0.154. The minimum Gasteiger partial charge on any atom is -0.384 e. The number of carbonyl (C=O) groups is 1. The molecule has 0 aromatic heterocycles. The molecule has 166 valence electrons. The Kier molecular flexibility index (Phi) is 6.15. The number of aliphatic imine (C=N–C) groups is 1. The van der Waals surface area contributed by atoms with E-state index in [-0.39, 0.29) is 5.91 Å². The lowest BCUT2D eigenvalue weighted by atomic mass is 10.2. The van der Waals surface area contributed by atoms with E-state index in [4.69, 9.17) is 4.99 Å². The van der Waals surface area contributed by atoms with Crippen LogP contribution in [-0.2, 0) is 11.3 Å². The Bertz CT molecular complexity index is 1260. The van der Waals surface area contributed by atoms with Crippen LogP contribution < -0.4 is 10.2 Å². The number of fused-ring (bicyclic) bond motifs is 1. The summed E-state index contributed by atoms with van der Waals surface area (Å²) in [5.41, 5.74) is 3.98. The van der Waals surface area contributed by atoms with Crippen molar-refractivity contribution in [2.75, 3.05) is 23.8 Å². The quantitative estimate of drug-likeness (QED) is 0.442. The Balaban J connectivity index is 1.57. The van der Waals surface area contributed by atoms with Crippen LogP contribution in [0.5, 0.6) is 0 Å². The smallest absolute Gasteiger partial charge is 0.269 e. The predicted octanol–water partition coefficient (Wildman–Crippen LogP) is 6.29. The highest BCUT2D eigenvalue weighted by atomic mass is 32.2. The van der Waals surface area contributed by atoms with Gasteiger partial charge in [-0.2, -0.15) is 0 Å². The van der Waals surface area contributed by atoms with Crippen LogP contribution in [0.3, 0.4) is 0 Å². The van der Waals surface area contributed by atoms with Crippen LogP contribution in [0.4, 0.5) is 17.1 Å². The lowest BCUT2D eigenvalue weighted by Crippen LogP contribution is -2.29. The molecule has 2 aliphatic rings. The zero-order valence-electron chi connectivity index (χ0n) is 18.5. The van der Waals surface area contributed by atoms with E-state index in [0.717, 1.165) is 39.1 Å². The van der Waals surface area contributed by atoms with Gasteiger partial charge in [0.2, 0.25) is 0 Å². The van der Waals surface area contributed by atoms with Gasteiger partial charge in [0.25, 0.3) is 5.91 Å². The maximum absolute atomic E-state index is 13.7. The molecule has 2 aliphatic heterocycles. The molecular formula is C26H24N4OS2. The molecule has 0 saturated carbocycles. The zero-order chi connectivity index (χ0) is 22.8. The van der Waals surface area contributed by atoms with Crippen molar-refractivity contribution in [1.82, 2.24) is 4.90 Å². The van der Waals surface area contributed by atoms with E-state index in [1.165, 1.54) is 11.8 Å². The van der Waals surface area contributed by atoms with Crippen molar-refractivity contribution in [3.05, 3.63) is 94.4 Å². The number of hydrogen-bond acceptors (Lipinski definition) is 6. The van der Waals surface area contributed by atoms with Crippen LogP contribution in [0.25, 0.3) is 0 Å². The van der Waals surface area contributed by atoms with Gasteiger partial charge in [0, 0.05) is 18.5 Å². The van der Waals surface area contributed by atoms with E-state index in [9.17, 15) is 4.79 Å². The lowest BCUT2D eigenvalue weighted by Gasteiger charge is -2.17. The van der Waals surface area contributed by atoms with Crippen molar-refractivity contribution < 1.29 is 4.79 Å². The maximum Gasteiger partial charge on any atom is 0.269 e. The molecule has 1 N–H and O–H groups in total. The van der Waals surface area contributed by atoms with Gasteiger partial charge in [0.1, 0.15) is 4.91 Å². The van der Waals surface area contributed by atoms with Gasteiger partial charge in [-0.05, 0) is 48.5 Å². The highest BCUT2D eigenvalue weighted by Gasteiger charge is 2.39. The first kappa shape index (κ1) is 21.7. The van der Waals surface area contributed by atoms with E-state index < -0.39 is 0 Å². The van der Waals surface area contributed by atoms with Gasteiger partial charge < -0.3 is 10.2 Å². The molecule has 1 fully saturated rings. The van der Waals surface area contributed by atoms with Crippen LogP contribution in [0.1, 0.15) is 12.5 Å². The second kappa shape index (κ2) is 9.37. The molecule has 0 aliphatic carbocycles. The van der Waals surface area contributed by atoms with Gasteiger partial charge in [-0.15, -0.1) is 0 Å². The van der Waals surface area contributed by atoms with Gasteiger partial charge in [-0.1, -0.05) is 66.4 Å². The highest BCUT2D eigenvalue weighted by Crippen LogP contribution is 2.50. The number of benzene rings is 3. The summed E-state index contributed by atoms with van der Waals surface area (Å²) >= 11 is 3.10. The monoisotopic (exact) mass is 472 g/mol. The van der Waals surface area contributed by atoms with E-state index in [2.05, 4.69) is 29.3 Å². The number of anilines is 2. The fourth-order valence-corrected chi connectivity index (χ4v) is 6.17. The van der Waals surface area contributed by atoms with Gasteiger partial charge in [-0.25, -0.2) is 4.99 Å². The van der Waals surface area contributed by atoms with Gasteiger partial charge >= 0.3 is 0 Å². The summed E-state index contributed by atoms with van der Waals surface area (Å²) in [5, 5.41) is 5.02. The molecule has 33 heavy (non-hydrogen) atoms. The molecule has 0 unspecified atom stereocenters. The number of nitrogens with zero attached hydrogens (tertiary/aromatic N) is 3. The third-order valence-electron chi connectivity index (χ3n) is 5.47. The zero-order valence-corrected chi connectivity index (χ0v) is 20.1. The molecule has 0 atom stereocenters.